The summed E-state index contributed by atoms with van der Waals surface area (Å²) in [5.74, 6) is 1.85. The van der Waals surface area contributed by atoms with Crippen molar-refractivity contribution in [1.29, 1.82) is 0 Å². The first-order valence-corrected chi connectivity index (χ1v) is 8.51. The lowest BCUT2D eigenvalue weighted by molar-refractivity contribution is 0.419. The summed E-state index contributed by atoms with van der Waals surface area (Å²) in [4.78, 5) is 0. The van der Waals surface area contributed by atoms with Crippen LogP contribution in [0, 0.1) is 18.8 Å². The van der Waals surface area contributed by atoms with Crippen molar-refractivity contribution in [2.75, 3.05) is 5.33 Å². The maximum atomic E-state index is 3.70. The molecule has 0 N–H and O–H groups in total. The molecule has 1 aromatic carbocycles. The van der Waals surface area contributed by atoms with Gasteiger partial charge in [-0.3, -0.25) is 0 Å². The molecule has 0 aromatic heterocycles. The van der Waals surface area contributed by atoms with Crippen LogP contribution in [-0.2, 0) is 6.42 Å². The second-order valence-electron chi connectivity index (χ2n) is 5.94. The van der Waals surface area contributed by atoms with Crippen molar-refractivity contribution >= 4 is 15.9 Å². The number of benzene rings is 1. The third kappa shape index (κ3) is 4.42. The van der Waals surface area contributed by atoms with Crippen LogP contribution in [0.3, 0.4) is 0 Å². The van der Waals surface area contributed by atoms with E-state index in [-0.39, 0.29) is 0 Å². The van der Waals surface area contributed by atoms with E-state index in [1.807, 2.05) is 0 Å². The zero-order valence-corrected chi connectivity index (χ0v) is 13.1. The molecule has 0 spiro atoms. The molecule has 0 heterocycles. The number of hydrogen-bond donors (Lipinski definition) is 0. The Kier molecular flexibility index (Phi) is 5.75. The SMILES string of the molecule is Cc1ccc(CC(CBr)CCC2CCCC2)cc1. The van der Waals surface area contributed by atoms with Gasteiger partial charge in [0.15, 0.2) is 0 Å². The highest BCUT2D eigenvalue weighted by molar-refractivity contribution is 9.09. The van der Waals surface area contributed by atoms with Gasteiger partial charge in [0.2, 0.25) is 0 Å². The molecule has 100 valence electrons. The molecular formula is C17H25Br. The van der Waals surface area contributed by atoms with Crippen LogP contribution in [0.1, 0.15) is 49.7 Å². The zero-order valence-electron chi connectivity index (χ0n) is 11.5. The quantitative estimate of drug-likeness (QED) is 0.607. The van der Waals surface area contributed by atoms with Gasteiger partial charge >= 0.3 is 0 Å². The summed E-state index contributed by atoms with van der Waals surface area (Å²) in [5, 5.41) is 1.15. The van der Waals surface area contributed by atoms with Crippen molar-refractivity contribution in [2.45, 2.75) is 51.9 Å². The molecule has 2 rings (SSSR count). The highest BCUT2D eigenvalue weighted by Crippen LogP contribution is 2.30. The highest BCUT2D eigenvalue weighted by Gasteiger charge is 2.17. The topological polar surface area (TPSA) is 0 Å². The van der Waals surface area contributed by atoms with E-state index in [9.17, 15) is 0 Å². The molecule has 0 saturated heterocycles. The van der Waals surface area contributed by atoms with Crippen LogP contribution >= 0.6 is 15.9 Å². The van der Waals surface area contributed by atoms with Gasteiger partial charge in [0.25, 0.3) is 0 Å². The summed E-state index contributed by atoms with van der Waals surface area (Å²) < 4.78 is 0. The van der Waals surface area contributed by atoms with E-state index >= 15 is 0 Å². The summed E-state index contributed by atoms with van der Waals surface area (Å²) in [5.41, 5.74) is 2.86. The van der Waals surface area contributed by atoms with Crippen LogP contribution < -0.4 is 0 Å². The third-order valence-corrected chi connectivity index (χ3v) is 5.24. The van der Waals surface area contributed by atoms with Crippen molar-refractivity contribution in [2.24, 2.45) is 11.8 Å². The average molecular weight is 309 g/mol. The maximum absolute atomic E-state index is 3.70. The summed E-state index contributed by atoms with van der Waals surface area (Å²) in [6.07, 6.45) is 9.99. The predicted molar refractivity (Wildman–Crippen MR) is 83.4 cm³/mol. The normalized spacial score (nSPS) is 18.1. The van der Waals surface area contributed by atoms with E-state index in [1.54, 1.807) is 0 Å². The molecule has 0 nitrogen and oxygen atoms in total. The lowest BCUT2D eigenvalue weighted by Crippen LogP contribution is -2.08. The number of aryl methyl sites for hydroxylation is 1. The van der Waals surface area contributed by atoms with Crippen LogP contribution in [0.2, 0.25) is 0 Å². The molecule has 1 aromatic rings. The molecule has 0 bridgehead atoms. The molecule has 1 saturated carbocycles. The molecule has 1 aliphatic carbocycles. The Labute approximate surface area is 120 Å². The second-order valence-corrected chi connectivity index (χ2v) is 6.59. The lowest BCUT2D eigenvalue weighted by Gasteiger charge is -2.17. The standard InChI is InChI=1S/C17H25Br/c1-14-6-8-16(9-7-14)12-17(13-18)11-10-15-4-2-3-5-15/h6-9,15,17H,2-5,10-13H2,1H3. The maximum Gasteiger partial charge on any atom is 0.00628 e. The van der Waals surface area contributed by atoms with Crippen molar-refractivity contribution in [3.8, 4) is 0 Å². The summed E-state index contributed by atoms with van der Waals surface area (Å²) in [7, 11) is 0. The smallest absolute Gasteiger partial charge is 0.00628 e. The number of rotatable bonds is 6. The fourth-order valence-corrected chi connectivity index (χ4v) is 3.61. The lowest BCUT2D eigenvalue weighted by atomic mass is 9.91. The first kappa shape index (κ1) is 14.1. The largest absolute Gasteiger partial charge is 0.0925 e. The molecule has 0 amide bonds. The van der Waals surface area contributed by atoms with Gasteiger partial charge in [0, 0.05) is 5.33 Å². The fraction of sp³-hybridized carbons (Fsp3) is 0.647. The van der Waals surface area contributed by atoms with Crippen LogP contribution in [0.5, 0.6) is 0 Å². The third-order valence-electron chi connectivity index (χ3n) is 4.32. The minimum atomic E-state index is 0.813. The van der Waals surface area contributed by atoms with Crippen molar-refractivity contribution in [1.82, 2.24) is 0 Å². The van der Waals surface area contributed by atoms with E-state index in [0.29, 0.717) is 0 Å². The van der Waals surface area contributed by atoms with Crippen LogP contribution in [0.15, 0.2) is 24.3 Å². The highest BCUT2D eigenvalue weighted by atomic mass is 79.9. The summed E-state index contributed by atoms with van der Waals surface area (Å²) >= 11 is 3.70. The first-order chi connectivity index (χ1) is 8.78. The Morgan fingerprint density at radius 1 is 1.17 bits per heavy atom. The Bertz CT molecular complexity index is 335. The molecule has 1 fully saturated rings. The van der Waals surface area contributed by atoms with Crippen LogP contribution in [0.4, 0.5) is 0 Å². The average Bonchev–Trinajstić information content (AvgIpc) is 2.90. The molecular weight excluding hydrogens is 284 g/mol. The van der Waals surface area contributed by atoms with Gasteiger partial charge in [-0.05, 0) is 37.2 Å². The number of hydrogen-bond acceptors (Lipinski definition) is 0. The summed E-state index contributed by atoms with van der Waals surface area (Å²) in [6.45, 7) is 2.16. The van der Waals surface area contributed by atoms with E-state index in [1.165, 1.54) is 56.1 Å². The van der Waals surface area contributed by atoms with E-state index in [0.717, 1.165) is 17.2 Å². The molecule has 1 unspecified atom stereocenters. The van der Waals surface area contributed by atoms with Crippen molar-refractivity contribution < 1.29 is 0 Å². The molecule has 1 heteroatoms. The first-order valence-electron chi connectivity index (χ1n) is 7.39. The predicted octanol–water partition coefficient (Wildman–Crippen LogP) is 5.52. The second kappa shape index (κ2) is 7.33. The molecule has 1 atom stereocenters. The van der Waals surface area contributed by atoms with E-state index in [2.05, 4.69) is 47.1 Å². The Hall–Kier alpha value is -0.300. The summed E-state index contributed by atoms with van der Waals surface area (Å²) in [6, 6.07) is 9.05. The monoisotopic (exact) mass is 308 g/mol. The fourth-order valence-electron chi connectivity index (χ4n) is 3.06. The van der Waals surface area contributed by atoms with Gasteiger partial charge in [-0.1, -0.05) is 77.9 Å². The van der Waals surface area contributed by atoms with E-state index < -0.39 is 0 Å². The van der Waals surface area contributed by atoms with Crippen molar-refractivity contribution in [3.05, 3.63) is 35.4 Å². The Morgan fingerprint density at radius 3 is 2.44 bits per heavy atom. The molecule has 0 radical (unpaired) electrons. The van der Waals surface area contributed by atoms with Gasteiger partial charge in [-0.25, -0.2) is 0 Å². The van der Waals surface area contributed by atoms with Gasteiger partial charge in [0.05, 0.1) is 0 Å². The van der Waals surface area contributed by atoms with E-state index in [4.69, 9.17) is 0 Å². The van der Waals surface area contributed by atoms with Gasteiger partial charge in [-0.2, -0.15) is 0 Å². The Balaban J connectivity index is 1.79. The van der Waals surface area contributed by atoms with Gasteiger partial charge in [-0.15, -0.1) is 0 Å². The zero-order chi connectivity index (χ0) is 12.8. The number of alkyl halides is 1. The molecule has 18 heavy (non-hydrogen) atoms. The molecule has 0 aliphatic heterocycles. The van der Waals surface area contributed by atoms with Gasteiger partial charge in [0.1, 0.15) is 0 Å². The minimum Gasteiger partial charge on any atom is -0.0925 e. The van der Waals surface area contributed by atoms with Gasteiger partial charge < -0.3 is 0 Å². The minimum absolute atomic E-state index is 0.813. The molecule has 1 aliphatic rings. The van der Waals surface area contributed by atoms with Crippen LogP contribution in [0.25, 0.3) is 0 Å². The number of halogens is 1. The van der Waals surface area contributed by atoms with Crippen LogP contribution in [-0.4, -0.2) is 5.33 Å². The van der Waals surface area contributed by atoms with Crippen molar-refractivity contribution in [3.63, 3.8) is 0 Å². The Morgan fingerprint density at radius 2 is 1.83 bits per heavy atom.